The van der Waals surface area contributed by atoms with Gasteiger partial charge in [-0.15, -0.1) is 0 Å². The molecule has 1 atom stereocenters. The van der Waals surface area contributed by atoms with Crippen LogP contribution in [0.4, 0.5) is 4.79 Å². The standard InChI is InChI=1S/C20H30N4O3/c1-13(2)24(14(3)4)20(25)22-17(19-21-11-12-23(19)5)15-9-8-10-16(26-6)18(15)27-7/h8-14,17H,1-7H3,(H,22,25)/t17-/m0/s1. The summed E-state index contributed by atoms with van der Waals surface area (Å²) in [5, 5.41) is 3.13. The molecule has 1 N–H and O–H groups in total. The van der Waals surface area contributed by atoms with Crippen molar-refractivity contribution in [3.05, 3.63) is 42.0 Å². The van der Waals surface area contributed by atoms with Crippen molar-refractivity contribution in [1.82, 2.24) is 19.8 Å². The summed E-state index contributed by atoms with van der Waals surface area (Å²) < 4.78 is 12.9. The molecule has 0 aliphatic heterocycles. The van der Waals surface area contributed by atoms with E-state index >= 15 is 0 Å². The Labute approximate surface area is 161 Å². The minimum absolute atomic E-state index is 0.0687. The second-order valence-electron chi connectivity index (χ2n) is 6.96. The molecule has 0 radical (unpaired) electrons. The van der Waals surface area contributed by atoms with Crippen LogP contribution >= 0.6 is 0 Å². The quantitative estimate of drug-likeness (QED) is 0.807. The number of nitrogens with zero attached hydrogens (tertiary/aromatic N) is 3. The molecule has 2 rings (SSSR count). The van der Waals surface area contributed by atoms with E-state index in [0.29, 0.717) is 17.3 Å². The number of carbonyl (C=O) groups excluding carboxylic acids is 1. The zero-order valence-electron chi connectivity index (χ0n) is 17.2. The van der Waals surface area contributed by atoms with E-state index in [2.05, 4.69) is 10.3 Å². The van der Waals surface area contributed by atoms with Crippen molar-refractivity contribution in [2.45, 2.75) is 45.8 Å². The maximum Gasteiger partial charge on any atom is 0.318 e. The van der Waals surface area contributed by atoms with Crippen LogP contribution < -0.4 is 14.8 Å². The SMILES string of the molecule is COc1cccc([C@H](NC(=O)N(C(C)C)C(C)C)c2nccn2C)c1OC. The summed E-state index contributed by atoms with van der Waals surface area (Å²) in [7, 11) is 5.08. The van der Waals surface area contributed by atoms with Crippen LogP contribution in [-0.4, -0.2) is 46.8 Å². The third kappa shape index (κ3) is 4.35. The molecular formula is C20H30N4O3. The Kier molecular flexibility index (Phi) is 6.71. The van der Waals surface area contributed by atoms with E-state index < -0.39 is 6.04 Å². The van der Waals surface area contributed by atoms with Gasteiger partial charge in [0.25, 0.3) is 0 Å². The molecule has 1 aromatic carbocycles. The van der Waals surface area contributed by atoms with Crippen molar-refractivity contribution in [1.29, 1.82) is 0 Å². The van der Waals surface area contributed by atoms with Gasteiger partial charge in [-0.3, -0.25) is 0 Å². The molecule has 0 saturated heterocycles. The number of carbonyl (C=O) groups is 1. The normalized spacial score (nSPS) is 12.2. The number of benzene rings is 1. The van der Waals surface area contributed by atoms with Gasteiger partial charge in [0.1, 0.15) is 11.9 Å². The molecule has 0 saturated carbocycles. The van der Waals surface area contributed by atoms with Crippen molar-refractivity contribution < 1.29 is 14.3 Å². The lowest BCUT2D eigenvalue weighted by atomic mass is 10.0. The van der Waals surface area contributed by atoms with Gasteiger partial charge in [0.05, 0.1) is 14.2 Å². The average Bonchev–Trinajstić information content (AvgIpc) is 3.04. The Morgan fingerprint density at radius 2 is 1.81 bits per heavy atom. The number of imidazole rings is 1. The Balaban J connectivity index is 2.52. The van der Waals surface area contributed by atoms with Gasteiger partial charge in [-0.05, 0) is 33.8 Å². The first-order valence-corrected chi connectivity index (χ1v) is 9.08. The summed E-state index contributed by atoms with van der Waals surface area (Å²) in [5.41, 5.74) is 0.784. The molecule has 0 bridgehead atoms. The molecule has 1 heterocycles. The Morgan fingerprint density at radius 3 is 2.30 bits per heavy atom. The molecule has 7 heteroatoms. The summed E-state index contributed by atoms with van der Waals surface area (Å²) in [6.07, 6.45) is 3.56. The van der Waals surface area contributed by atoms with Gasteiger partial charge in [0.15, 0.2) is 11.5 Å². The molecule has 0 aliphatic carbocycles. The number of aromatic nitrogens is 2. The number of nitrogens with one attached hydrogen (secondary N) is 1. The monoisotopic (exact) mass is 374 g/mol. The molecule has 148 valence electrons. The number of hydrogen-bond acceptors (Lipinski definition) is 4. The third-order valence-corrected chi connectivity index (χ3v) is 4.48. The largest absolute Gasteiger partial charge is 0.493 e. The number of amides is 2. The van der Waals surface area contributed by atoms with Crippen molar-refractivity contribution in [2.75, 3.05) is 14.2 Å². The predicted octanol–water partition coefficient (Wildman–Crippen LogP) is 3.36. The number of methoxy groups -OCH3 is 2. The van der Waals surface area contributed by atoms with Crippen LogP contribution in [0.5, 0.6) is 11.5 Å². The molecule has 7 nitrogen and oxygen atoms in total. The van der Waals surface area contributed by atoms with Crippen LogP contribution in [0.2, 0.25) is 0 Å². The lowest BCUT2D eigenvalue weighted by Gasteiger charge is -2.33. The number of urea groups is 1. The van der Waals surface area contributed by atoms with Crippen LogP contribution in [0, 0.1) is 0 Å². The lowest BCUT2D eigenvalue weighted by Crippen LogP contribution is -2.49. The molecule has 27 heavy (non-hydrogen) atoms. The van der Waals surface area contributed by atoms with Gasteiger partial charge >= 0.3 is 6.03 Å². The zero-order valence-corrected chi connectivity index (χ0v) is 17.2. The second-order valence-corrected chi connectivity index (χ2v) is 6.96. The Bertz CT molecular complexity index is 762. The Hall–Kier alpha value is -2.70. The fourth-order valence-corrected chi connectivity index (χ4v) is 3.34. The molecule has 0 spiro atoms. The van der Waals surface area contributed by atoms with Crippen molar-refractivity contribution in [3.8, 4) is 11.5 Å². The van der Waals surface area contributed by atoms with E-state index in [0.717, 1.165) is 5.56 Å². The number of ether oxygens (including phenoxy) is 2. The summed E-state index contributed by atoms with van der Waals surface area (Å²) in [6.45, 7) is 8.01. The molecule has 0 fully saturated rings. The van der Waals surface area contributed by atoms with E-state index in [-0.39, 0.29) is 18.1 Å². The molecule has 0 aliphatic rings. The van der Waals surface area contributed by atoms with Gasteiger partial charge in [-0.2, -0.15) is 0 Å². The number of aryl methyl sites for hydroxylation is 1. The number of para-hydroxylation sites is 1. The predicted molar refractivity (Wildman–Crippen MR) is 105 cm³/mol. The smallest absolute Gasteiger partial charge is 0.318 e. The average molecular weight is 374 g/mol. The summed E-state index contributed by atoms with van der Waals surface area (Å²) in [6, 6.07) is 5.12. The lowest BCUT2D eigenvalue weighted by molar-refractivity contribution is 0.162. The highest BCUT2D eigenvalue weighted by Gasteiger charge is 2.29. The zero-order chi connectivity index (χ0) is 20.1. The summed E-state index contributed by atoms with van der Waals surface area (Å²) >= 11 is 0. The highest BCUT2D eigenvalue weighted by Crippen LogP contribution is 2.36. The Morgan fingerprint density at radius 1 is 1.15 bits per heavy atom. The molecule has 1 aromatic heterocycles. The minimum Gasteiger partial charge on any atom is -0.493 e. The van der Waals surface area contributed by atoms with Gasteiger partial charge in [0, 0.05) is 37.1 Å². The first kappa shape index (κ1) is 20.6. The van der Waals surface area contributed by atoms with Crippen molar-refractivity contribution in [3.63, 3.8) is 0 Å². The van der Waals surface area contributed by atoms with Crippen LogP contribution in [0.25, 0.3) is 0 Å². The van der Waals surface area contributed by atoms with Crippen LogP contribution in [0.1, 0.15) is 45.1 Å². The van der Waals surface area contributed by atoms with Gasteiger partial charge in [-0.25, -0.2) is 9.78 Å². The maximum absolute atomic E-state index is 13.1. The third-order valence-electron chi connectivity index (χ3n) is 4.48. The molecular weight excluding hydrogens is 344 g/mol. The maximum atomic E-state index is 13.1. The van der Waals surface area contributed by atoms with E-state index in [4.69, 9.17) is 9.47 Å². The fraction of sp³-hybridized carbons (Fsp3) is 0.500. The van der Waals surface area contributed by atoms with E-state index in [1.54, 1.807) is 20.4 Å². The van der Waals surface area contributed by atoms with Crippen LogP contribution in [0.15, 0.2) is 30.6 Å². The first-order chi connectivity index (χ1) is 12.8. The van der Waals surface area contributed by atoms with Crippen LogP contribution in [0.3, 0.4) is 0 Å². The van der Waals surface area contributed by atoms with Gasteiger partial charge < -0.3 is 24.3 Å². The molecule has 0 unspecified atom stereocenters. The topological polar surface area (TPSA) is 68.6 Å². The van der Waals surface area contributed by atoms with Gasteiger partial charge in [-0.1, -0.05) is 12.1 Å². The first-order valence-electron chi connectivity index (χ1n) is 9.08. The fourth-order valence-electron chi connectivity index (χ4n) is 3.34. The summed E-state index contributed by atoms with van der Waals surface area (Å²) in [4.78, 5) is 19.3. The number of rotatable bonds is 7. The van der Waals surface area contributed by atoms with E-state index in [9.17, 15) is 4.79 Å². The highest BCUT2D eigenvalue weighted by atomic mass is 16.5. The molecule has 2 amide bonds. The van der Waals surface area contributed by atoms with E-state index in [1.807, 2.05) is 68.6 Å². The summed E-state index contributed by atoms with van der Waals surface area (Å²) in [5.74, 6) is 1.89. The van der Waals surface area contributed by atoms with Gasteiger partial charge in [0.2, 0.25) is 0 Å². The minimum atomic E-state index is -0.484. The van der Waals surface area contributed by atoms with Crippen molar-refractivity contribution in [2.24, 2.45) is 7.05 Å². The van der Waals surface area contributed by atoms with Crippen LogP contribution in [-0.2, 0) is 7.05 Å². The molecule has 2 aromatic rings. The van der Waals surface area contributed by atoms with E-state index in [1.165, 1.54) is 0 Å². The van der Waals surface area contributed by atoms with Crippen molar-refractivity contribution >= 4 is 6.03 Å². The second kappa shape index (κ2) is 8.79. The number of hydrogen-bond donors (Lipinski definition) is 1. The highest BCUT2D eigenvalue weighted by molar-refractivity contribution is 5.76.